The first-order valence-corrected chi connectivity index (χ1v) is 6.43. The number of hydrogen-bond donors (Lipinski definition) is 2. The smallest absolute Gasteiger partial charge is 0.353 e. The highest BCUT2D eigenvalue weighted by Gasteiger charge is 2.29. The van der Waals surface area contributed by atoms with Crippen molar-refractivity contribution in [2.75, 3.05) is 13.6 Å². The van der Waals surface area contributed by atoms with Crippen molar-refractivity contribution in [2.45, 2.75) is 32.0 Å². The number of halogens is 3. The predicted octanol–water partition coefficient (Wildman–Crippen LogP) is 2.36. The number of amides is 1. The lowest BCUT2D eigenvalue weighted by atomic mass is 10.0. The fraction of sp³-hybridized carbons (Fsp3) is 0.500. The second-order valence-electron chi connectivity index (χ2n) is 4.72. The maximum absolute atomic E-state index is 12.4. The molecule has 6 heteroatoms. The molecule has 20 heavy (non-hydrogen) atoms. The number of hydrogen-bond acceptors (Lipinski definition) is 2. The first-order chi connectivity index (χ1) is 9.32. The number of carbonyl (C=O) groups excluding carboxylic acids is 1. The topological polar surface area (TPSA) is 41.1 Å². The Bertz CT molecular complexity index is 429. The van der Waals surface area contributed by atoms with E-state index in [0.29, 0.717) is 19.4 Å². The monoisotopic (exact) mass is 288 g/mol. The van der Waals surface area contributed by atoms with E-state index in [9.17, 15) is 18.0 Å². The molecule has 1 atom stereocenters. The zero-order valence-electron chi connectivity index (χ0n) is 11.6. The summed E-state index contributed by atoms with van der Waals surface area (Å²) in [6.07, 6.45) is -3.43. The summed E-state index contributed by atoms with van der Waals surface area (Å²) < 4.78 is 37.2. The van der Waals surface area contributed by atoms with Gasteiger partial charge in [0.15, 0.2) is 0 Å². The minimum Gasteiger partial charge on any atom is -0.353 e. The zero-order chi connectivity index (χ0) is 15.2. The maximum Gasteiger partial charge on any atom is 0.416 e. The van der Waals surface area contributed by atoms with Crippen LogP contribution in [0.15, 0.2) is 24.3 Å². The molecule has 2 N–H and O–H groups in total. The fourth-order valence-electron chi connectivity index (χ4n) is 1.82. The lowest BCUT2D eigenvalue weighted by molar-refractivity contribution is -0.137. The minimum absolute atomic E-state index is 0.0706. The Hall–Kier alpha value is -1.56. The van der Waals surface area contributed by atoms with Gasteiger partial charge in [0, 0.05) is 19.0 Å². The summed E-state index contributed by atoms with van der Waals surface area (Å²) in [5.74, 6) is -0.0706. The van der Waals surface area contributed by atoms with E-state index in [2.05, 4.69) is 10.6 Å². The molecular formula is C14H19F3N2O. The first-order valence-electron chi connectivity index (χ1n) is 6.43. The van der Waals surface area contributed by atoms with Gasteiger partial charge in [-0.05, 0) is 38.1 Å². The van der Waals surface area contributed by atoms with Gasteiger partial charge < -0.3 is 10.6 Å². The van der Waals surface area contributed by atoms with E-state index >= 15 is 0 Å². The van der Waals surface area contributed by atoms with Gasteiger partial charge in [0.25, 0.3) is 0 Å². The Balaban J connectivity index is 2.50. The van der Waals surface area contributed by atoms with Crippen LogP contribution in [0.3, 0.4) is 0 Å². The van der Waals surface area contributed by atoms with Crippen LogP contribution in [0, 0.1) is 0 Å². The van der Waals surface area contributed by atoms with Crippen molar-refractivity contribution in [1.82, 2.24) is 10.6 Å². The van der Waals surface area contributed by atoms with Crippen LogP contribution >= 0.6 is 0 Å². The van der Waals surface area contributed by atoms with Crippen molar-refractivity contribution in [3.63, 3.8) is 0 Å². The Labute approximate surface area is 116 Å². The molecule has 1 unspecified atom stereocenters. The van der Waals surface area contributed by atoms with Crippen LogP contribution in [0.5, 0.6) is 0 Å². The summed E-state index contributed by atoms with van der Waals surface area (Å²) in [6, 6.07) is 4.89. The first kappa shape index (κ1) is 16.5. The summed E-state index contributed by atoms with van der Waals surface area (Å²) in [4.78, 5) is 11.5. The molecule has 0 saturated carbocycles. The molecule has 112 valence electrons. The molecule has 0 aromatic heterocycles. The molecule has 0 aliphatic heterocycles. The van der Waals surface area contributed by atoms with Crippen molar-refractivity contribution in [1.29, 1.82) is 0 Å². The molecule has 0 aliphatic carbocycles. The highest BCUT2D eigenvalue weighted by Crippen LogP contribution is 2.29. The molecule has 0 radical (unpaired) electrons. The van der Waals surface area contributed by atoms with E-state index in [1.807, 2.05) is 6.92 Å². The van der Waals surface area contributed by atoms with Crippen LogP contribution in [-0.2, 0) is 17.4 Å². The van der Waals surface area contributed by atoms with Crippen molar-refractivity contribution in [2.24, 2.45) is 0 Å². The van der Waals surface area contributed by atoms with Gasteiger partial charge in [0.2, 0.25) is 5.91 Å². The summed E-state index contributed by atoms with van der Waals surface area (Å²) in [6.45, 7) is 2.42. The van der Waals surface area contributed by atoms with Gasteiger partial charge in [-0.25, -0.2) is 0 Å². The maximum atomic E-state index is 12.4. The van der Waals surface area contributed by atoms with Gasteiger partial charge >= 0.3 is 6.18 Å². The van der Waals surface area contributed by atoms with Crippen molar-refractivity contribution in [3.05, 3.63) is 35.4 Å². The Morgan fingerprint density at radius 3 is 2.35 bits per heavy atom. The second-order valence-corrected chi connectivity index (χ2v) is 4.72. The Kier molecular flexibility index (Phi) is 6.01. The lowest BCUT2D eigenvalue weighted by Crippen LogP contribution is -2.35. The van der Waals surface area contributed by atoms with Gasteiger partial charge in [0.1, 0.15) is 0 Å². The summed E-state index contributed by atoms with van der Waals surface area (Å²) in [7, 11) is 1.76. The fourth-order valence-corrected chi connectivity index (χ4v) is 1.82. The molecule has 0 aliphatic rings. The average Bonchev–Trinajstić information content (AvgIpc) is 2.35. The molecule has 0 saturated heterocycles. The number of nitrogens with one attached hydrogen (secondary N) is 2. The zero-order valence-corrected chi connectivity index (χ0v) is 11.6. The third kappa shape index (κ3) is 5.61. The van der Waals surface area contributed by atoms with Crippen molar-refractivity contribution in [3.8, 4) is 0 Å². The molecule has 0 bridgehead atoms. The van der Waals surface area contributed by atoms with Crippen LogP contribution in [0.1, 0.15) is 24.5 Å². The lowest BCUT2D eigenvalue weighted by Gasteiger charge is -2.14. The van der Waals surface area contributed by atoms with Crippen LogP contribution in [-0.4, -0.2) is 25.5 Å². The largest absolute Gasteiger partial charge is 0.416 e. The molecule has 0 fully saturated rings. The molecule has 1 aromatic rings. The van der Waals surface area contributed by atoms with Gasteiger partial charge in [-0.3, -0.25) is 4.79 Å². The third-order valence-electron chi connectivity index (χ3n) is 2.83. The second kappa shape index (κ2) is 7.28. The summed E-state index contributed by atoms with van der Waals surface area (Å²) in [5, 5.41) is 5.68. The number of rotatable bonds is 6. The van der Waals surface area contributed by atoms with E-state index in [4.69, 9.17) is 0 Å². The quantitative estimate of drug-likeness (QED) is 0.843. The Morgan fingerprint density at radius 1 is 1.25 bits per heavy atom. The van der Waals surface area contributed by atoms with E-state index in [1.165, 1.54) is 12.1 Å². The standard InChI is InChI=1S/C14H19F3N2O/c1-10(19-13(20)7-8-18-2)9-11-3-5-12(6-4-11)14(15,16)17/h3-6,10,18H,7-9H2,1-2H3,(H,19,20). The van der Waals surface area contributed by atoms with E-state index in [0.717, 1.165) is 17.7 Å². The van der Waals surface area contributed by atoms with Crippen molar-refractivity contribution < 1.29 is 18.0 Å². The van der Waals surface area contributed by atoms with E-state index in [-0.39, 0.29) is 11.9 Å². The SMILES string of the molecule is CNCCC(=O)NC(C)Cc1ccc(C(F)(F)F)cc1. The molecule has 3 nitrogen and oxygen atoms in total. The van der Waals surface area contributed by atoms with Crippen LogP contribution in [0.25, 0.3) is 0 Å². The van der Waals surface area contributed by atoms with Gasteiger partial charge in [0.05, 0.1) is 5.56 Å². The highest BCUT2D eigenvalue weighted by atomic mass is 19.4. The number of benzene rings is 1. The minimum atomic E-state index is -4.31. The molecule has 0 spiro atoms. The predicted molar refractivity (Wildman–Crippen MR) is 71.3 cm³/mol. The molecule has 1 aromatic carbocycles. The molecular weight excluding hydrogens is 269 g/mol. The van der Waals surface area contributed by atoms with E-state index in [1.54, 1.807) is 7.05 Å². The van der Waals surface area contributed by atoms with E-state index < -0.39 is 11.7 Å². The summed E-state index contributed by atoms with van der Waals surface area (Å²) >= 11 is 0. The average molecular weight is 288 g/mol. The van der Waals surface area contributed by atoms with Gasteiger partial charge in [-0.2, -0.15) is 13.2 Å². The highest BCUT2D eigenvalue weighted by molar-refractivity contribution is 5.76. The van der Waals surface area contributed by atoms with Gasteiger partial charge in [-0.1, -0.05) is 12.1 Å². The van der Waals surface area contributed by atoms with Crippen molar-refractivity contribution >= 4 is 5.91 Å². The van der Waals surface area contributed by atoms with Crippen LogP contribution < -0.4 is 10.6 Å². The van der Waals surface area contributed by atoms with Gasteiger partial charge in [-0.15, -0.1) is 0 Å². The molecule has 0 heterocycles. The van der Waals surface area contributed by atoms with Crippen LogP contribution in [0.4, 0.5) is 13.2 Å². The molecule has 1 amide bonds. The number of alkyl halides is 3. The van der Waals surface area contributed by atoms with Crippen LogP contribution in [0.2, 0.25) is 0 Å². The third-order valence-corrected chi connectivity index (χ3v) is 2.83. The summed E-state index contributed by atoms with van der Waals surface area (Å²) in [5.41, 5.74) is 0.103. The molecule has 1 rings (SSSR count). The number of carbonyl (C=O) groups is 1. The normalized spacial score (nSPS) is 13.1. The Morgan fingerprint density at radius 2 is 1.85 bits per heavy atom.